The lowest BCUT2D eigenvalue weighted by molar-refractivity contribution is -0.00596. The summed E-state index contributed by atoms with van der Waals surface area (Å²) >= 11 is 5.51. The average molecular weight is 263 g/mol. The van der Waals surface area contributed by atoms with Gasteiger partial charge in [0.1, 0.15) is 0 Å². The van der Waals surface area contributed by atoms with E-state index in [1.165, 1.54) is 32.1 Å². The Balaban J connectivity index is 1.89. The van der Waals surface area contributed by atoms with Crippen LogP contribution in [0.3, 0.4) is 0 Å². The number of alkyl halides is 1. The van der Waals surface area contributed by atoms with Crippen molar-refractivity contribution >= 4 is 11.6 Å². The van der Waals surface area contributed by atoms with Crippen LogP contribution in [0.4, 0.5) is 0 Å². The molecule has 2 nitrogen and oxygen atoms in total. The highest BCUT2D eigenvalue weighted by Crippen LogP contribution is 2.32. The van der Waals surface area contributed by atoms with Crippen LogP contribution in [0.2, 0.25) is 0 Å². The molecule has 0 aliphatic heterocycles. The second-order valence-electron chi connectivity index (χ2n) is 5.25. The number of rotatable bonds is 9. The van der Waals surface area contributed by atoms with Crippen LogP contribution >= 0.6 is 11.6 Å². The van der Waals surface area contributed by atoms with E-state index in [2.05, 4.69) is 0 Å². The summed E-state index contributed by atoms with van der Waals surface area (Å²) in [7, 11) is 0. The van der Waals surface area contributed by atoms with Crippen molar-refractivity contribution in [1.82, 2.24) is 0 Å². The van der Waals surface area contributed by atoms with Crippen molar-refractivity contribution in [2.45, 2.75) is 69.8 Å². The highest BCUT2D eigenvalue weighted by molar-refractivity contribution is 6.17. The van der Waals surface area contributed by atoms with Crippen LogP contribution in [0, 0.1) is 0 Å². The van der Waals surface area contributed by atoms with Gasteiger partial charge in [-0.15, -0.1) is 11.6 Å². The Hall–Kier alpha value is 0.210. The van der Waals surface area contributed by atoms with Crippen LogP contribution in [0.25, 0.3) is 0 Å². The Morgan fingerprint density at radius 3 is 2.35 bits per heavy atom. The fraction of sp³-hybridized carbons (Fsp3) is 1.00. The number of unbranched alkanes of at least 4 members (excludes halogenated alkanes) is 3. The summed E-state index contributed by atoms with van der Waals surface area (Å²) in [5.74, 6) is 0.590. The minimum absolute atomic E-state index is 0.326. The Labute approximate surface area is 111 Å². The standard InChI is InChI=1S/C14H27ClO2/c15-11-13-17-12-7-2-1-4-8-14(16)9-5-3-6-10-14/h16H,1-13H2. The van der Waals surface area contributed by atoms with Gasteiger partial charge in [0.15, 0.2) is 0 Å². The summed E-state index contributed by atoms with van der Waals surface area (Å²) in [5, 5.41) is 10.3. The first-order valence-electron chi connectivity index (χ1n) is 7.13. The van der Waals surface area contributed by atoms with Crippen molar-refractivity contribution in [2.75, 3.05) is 19.1 Å². The summed E-state index contributed by atoms with van der Waals surface area (Å²) in [5.41, 5.74) is -0.326. The second-order valence-corrected chi connectivity index (χ2v) is 5.63. The molecule has 1 saturated carbocycles. The molecule has 0 amide bonds. The van der Waals surface area contributed by atoms with E-state index in [1.54, 1.807) is 0 Å². The van der Waals surface area contributed by atoms with E-state index in [4.69, 9.17) is 16.3 Å². The van der Waals surface area contributed by atoms with Crippen molar-refractivity contribution in [2.24, 2.45) is 0 Å². The molecule has 1 aliphatic rings. The van der Waals surface area contributed by atoms with E-state index < -0.39 is 0 Å². The van der Waals surface area contributed by atoms with Gasteiger partial charge in [-0.2, -0.15) is 0 Å². The molecular formula is C14H27ClO2. The molecule has 17 heavy (non-hydrogen) atoms. The van der Waals surface area contributed by atoms with Gasteiger partial charge in [0.2, 0.25) is 0 Å². The Kier molecular flexibility index (Phi) is 8.25. The zero-order valence-corrected chi connectivity index (χ0v) is 11.7. The molecule has 1 N–H and O–H groups in total. The van der Waals surface area contributed by atoms with Crippen molar-refractivity contribution in [3.8, 4) is 0 Å². The van der Waals surface area contributed by atoms with Crippen molar-refractivity contribution in [1.29, 1.82) is 0 Å². The maximum atomic E-state index is 10.3. The van der Waals surface area contributed by atoms with E-state index in [-0.39, 0.29) is 5.60 Å². The van der Waals surface area contributed by atoms with E-state index in [1.807, 2.05) is 0 Å². The van der Waals surface area contributed by atoms with E-state index >= 15 is 0 Å². The van der Waals surface area contributed by atoms with Crippen molar-refractivity contribution < 1.29 is 9.84 Å². The first-order valence-corrected chi connectivity index (χ1v) is 7.66. The minimum atomic E-state index is -0.326. The highest BCUT2D eigenvalue weighted by Gasteiger charge is 2.27. The van der Waals surface area contributed by atoms with Crippen LogP contribution < -0.4 is 0 Å². The molecule has 0 bridgehead atoms. The molecule has 0 aromatic rings. The third kappa shape index (κ3) is 7.28. The van der Waals surface area contributed by atoms with Gasteiger partial charge in [-0.1, -0.05) is 38.5 Å². The van der Waals surface area contributed by atoms with Crippen LogP contribution in [-0.2, 0) is 4.74 Å². The molecule has 1 fully saturated rings. The SMILES string of the molecule is OC1(CCCCCCOCCCl)CCCCC1. The predicted molar refractivity (Wildman–Crippen MR) is 72.7 cm³/mol. The smallest absolute Gasteiger partial charge is 0.0647 e. The fourth-order valence-electron chi connectivity index (χ4n) is 2.63. The molecule has 0 radical (unpaired) electrons. The van der Waals surface area contributed by atoms with Gasteiger partial charge in [0.05, 0.1) is 12.2 Å². The quantitative estimate of drug-likeness (QED) is 0.505. The molecule has 0 aromatic heterocycles. The largest absolute Gasteiger partial charge is 0.390 e. The van der Waals surface area contributed by atoms with Gasteiger partial charge in [0, 0.05) is 12.5 Å². The molecule has 0 saturated heterocycles. The normalized spacial score (nSPS) is 19.4. The Bertz CT molecular complexity index is 179. The number of halogens is 1. The Morgan fingerprint density at radius 2 is 1.65 bits per heavy atom. The van der Waals surface area contributed by atoms with E-state index in [9.17, 15) is 5.11 Å². The molecule has 0 aromatic carbocycles. The average Bonchev–Trinajstić information content (AvgIpc) is 2.33. The summed E-state index contributed by atoms with van der Waals surface area (Å²) in [6.45, 7) is 1.50. The lowest BCUT2D eigenvalue weighted by atomic mass is 9.81. The molecule has 102 valence electrons. The predicted octanol–water partition coefficient (Wildman–Crippen LogP) is 3.89. The van der Waals surface area contributed by atoms with Crippen LogP contribution in [0.1, 0.15) is 64.2 Å². The molecular weight excluding hydrogens is 236 g/mol. The fourth-order valence-corrected chi connectivity index (χ4v) is 2.74. The first-order chi connectivity index (χ1) is 8.27. The molecule has 0 unspecified atom stereocenters. The topological polar surface area (TPSA) is 29.5 Å². The first kappa shape index (κ1) is 15.3. The maximum absolute atomic E-state index is 10.3. The molecule has 3 heteroatoms. The molecule has 0 atom stereocenters. The summed E-state index contributed by atoms with van der Waals surface area (Å²) < 4.78 is 5.32. The van der Waals surface area contributed by atoms with E-state index in [0.717, 1.165) is 38.7 Å². The van der Waals surface area contributed by atoms with Crippen LogP contribution in [-0.4, -0.2) is 29.8 Å². The lowest BCUT2D eigenvalue weighted by Gasteiger charge is -2.32. The summed E-state index contributed by atoms with van der Waals surface area (Å²) in [4.78, 5) is 0. The summed E-state index contributed by atoms with van der Waals surface area (Å²) in [6.07, 6.45) is 11.5. The van der Waals surface area contributed by atoms with Crippen LogP contribution in [0.5, 0.6) is 0 Å². The number of aliphatic hydroxyl groups is 1. The van der Waals surface area contributed by atoms with Crippen LogP contribution in [0.15, 0.2) is 0 Å². The van der Waals surface area contributed by atoms with Gasteiger partial charge in [0.25, 0.3) is 0 Å². The zero-order valence-electron chi connectivity index (χ0n) is 10.9. The Morgan fingerprint density at radius 1 is 0.941 bits per heavy atom. The molecule has 1 rings (SSSR count). The monoisotopic (exact) mass is 262 g/mol. The molecule has 1 aliphatic carbocycles. The van der Waals surface area contributed by atoms with Crippen molar-refractivity contribution in [3.63, 3.8) is 0 Å². The zero-order chi connectivity index (χ0) is 12.4. The van der Waals surface area contributed by atoms with Gasteiger partial charge in [-0.05, 0) is 25.7 Å². The molecule has 0 spiro atoms. The van der Waals surface area contributed by atoms with E-state index in [0.29, 0.717) is 12.5 Å². The lowest BCUT2D eigenvalue weighted by Crippen LogP contribution is -2.30. The number of hydrogen-bond donors (Lipinski definition) is 1. The van der Waals surface area contributed by atoms with Crippen molar-refractivity contribution in [3.05, 3.63) is 0 Å². The number of hydrogen-bond acceptors (Lipinski definition) is 2. The maximum Gasteiger partial charge on any atom is 0.0647 e. The highest BCUT2D eigenvalue weighted by atomic mass is 35.5. The summed E-state index contributed by atoms with van der Waals surface area (Å²) in [6, 6.07) is 0. The third-order valence-corrected chi connectivity index (χ3v) is 3.84. The number of ether oxygens (including phenoxy) is 1. The minimum Gasteiger partial charge on any atom is -0.390 e. The third-order valence-electron chi connectivity index (χ3n) is 3.69. The molecule has 0 heterocycles. The van der Waals surface area contributed by atoms with Gasteiger partial charge < -0.3 is 9.84 Å². The van der Waals surface area contributed by atoms with Gasteiger partial charge >= 0.3 is 0 Å². The van der Waals surface area contributed by atoms with Gasteiger partial charge in [-0.25, -0.2) is 0 Å². The second kappa shape index (κ2) is 9.18. The van der Waals surface area contributed by atoms with Gasteiger partial charge in [-0.3, -0.25) is 0 Å².